The van der Waals surface area contributed by atoms with Crippen molar-refractivity contribution < 1.29 is 29.2 Å². The highest BCUT2D eigenvalue weighted by Gasteiger charge is 2.28. The second kappa shape index (κ2) is 5.17. The molecule has 0 radical (unpaired) electrons. The molecule has 0 amide bonds. The maximum atomic E-state index is 13.0. The number of benzene rings is 1. The summed E-state index contributed by atoms with van der Waals surface area (Å²) < 4.78 is 26.0. The highest BCUT2D eigenvalue weighted by Crippen LogP contribution is 2.22. The molecule has 19 heavy (non-hydrogen) atoms. The van der Waals surface area contributed by atoms with Gasteiger partial charge in [-0.1, -0.05) is 0 Å². The van der Waals surface area contributed by atoms with Gasteiger partial charge >= 0.3 is 0 Å². The number of aliphatic hydroxyl groups excluding tert-OH is 4. The second-order valence-electron chi connectivity index (χ2n) is 4.09. The van der Waals surface area contributed by atoms with Gasteiger partial charge < -0.3 is 25.4 Å². The first-order valence-electron chi connectivity index (χ1n) is 5.43. The average Bonchev–Trinajstić information content (AvgIpc) is 2.79. The molecule has 0 fully saturated rings. The van der Waals surface area contributed by atoms with Crippen LogP contribution >= 0.6 is 0 Å². The summed E-state index contributed by atoms with van der Waals surface area (Å²) in [7, 11) is 0. The number of rotatable bonds is 4. The summed E-state index contributed by atoms with van der Waals surface area (Å²) in [5, 5.41) is 37.1. The molecule has 0 spiro atoms. The van der Waals surface area contributed by atoms with E-state index in [0.29, 0.717) is 0 Å². The molecule has 1 aromatic heterocycles. The summed E-state index contributed by atoms with van der Waals surface area (Å²) in [6.45, 7) is -0.748. The van der Waals surface area contributed by atoms with E-state index in [0.717, 1.165) is 12.1 Å². The molecule has 1 heterocycles. The molecular weight excluding hydrogens is 262 g/mol. The van der Waals surface area contributed by atoms with E-state index < -0.39 is 36.6 Å². The fourth-order valence-corrected chi connectivity index (χ4v) is 1.64. The minimum atomic E-state index is -1.68. The Kier molecular flexibility index (Phi) is 3.76. The largest absolute Gasteiger partial charge is 0.394 e. The predicted octanol–water partition coefficient (Wildman–Crippen LogP) is -0.411. The van der Waals surface area contributed by atoms with Crippen LogP contribution in [0, 0.1) is 11.6 Å². The molecule has 5 N–H and O–H groups in total. The number of H-pyrrole nitrogens is 1. The SMILES string of the molecule is OCC(O)C(O)[C@@H](O)c1nc2cc(F)c(F)cc2[nH]1. The first-order valence-corrected chi connectivity index (χ1v) is 5.43. The van der Waals surface area contributed by atoms with Gasteiger partial charge in [-0.05, 0) is 0 Å². The van der Waals surface area contributed by atoms with Crippen LogP contribution in [0.1, 0.15) is 11.9 Å². The van der Waals surface area contributed by atoms with Crippen LogP contribution in [-0.4, -0.2) is 49.2 Å². The zero-order valence-corrected chi connectivity index (χ0v) is 9.59. The minimum Gasteiger partial charge on any atom is -0.394 e. The fourth-order valence-electron chi connectivity index (χ4n) is 1.64. The Bertz CT molecular complexity index is 550. The smallest absolute Gasteiger partial charge is 0.161 e. The van der Waals surface area contributed by atoms with Crippen LogP contribution in [-0.2, 0) is 0 Å². The third kappa shape index (κ3) is 2.56. The number of aromatic nitrogens is 2. The van der Waals surface area contributed by atoms with E-state index in [4.69, 9.17) is 5.11 Å². The van der Waals surface area contributed by atoms with Gasteiger partial charge in [-0.15, -0.1) is 0 Å². The number of imidazole rings is 1. The van der Waals surface area contributed by atoms with Gasteiger partial charge in [0.1, 0.15) is 24.1 Å². The van der Waals surface area contributed by atoms with E-state index in [1.165, 1.54) is 0 Å². The van der Waals surface area contributed by atoms with Crippen molar-refractivity contribution in [2.75, 3.05) is 6.61 Å². The van der Waals surface area contributed by atoms with E-state index in [2.05, 4.69) is 9.97 Å². The van der Waals surface area contributed by atoms with Crippen LogP contribution in [0.15, 0.2) is 12.1 Å². The van der Waals surface area contributed by atoms with Crippen molar-refractivity contribution in [3.63, 3.8) is 0 Å². The Morgan fingerprint density at radius 3 is 2.42 bits per heavy atom. The molecule has 0 bridgehead atoms. The monoisotopic (exact) mass is 274 g/mol. The number of nitrogens with zero attached hydrogens (tertiary/aromatic N) is 1. The van der Waals surface area contributed by atoms with Crippen LogP contribution in [0.5, 0.6) is 0 Å². The third-order valence-electron chi connectivity index (χ3n) is 2.73. The number of fused-ring (bicyclic) bond motifs is 1. The van der Waals surface area contributed by atoms with Gasteiger partial charge in [-0.25, -0.2) is 13.8 Å². The van der Waals surface area contributed by atoms with Gasteiger partial charge in [0.25, 0.3) is 0 Å². The summed E-state index contributed by atoms with van der Waals surface area (Å²) in [5.74, 6) is -2.33. The van der Waals surface area contributed by atoms with Gasteiger partial charge in [-0.2, -0.15) is 0 Å². The lowest BCUT2D eigenvalue weighted by Gasteiger charge is -2.19. The summed E-state index contributed by atoms with van der Waals surface area (Å²) in [6, 6.07) is 1.70. The van der Waals surface area contributed by atoms with E-state index in [-0.39, 0.29) is 16.9 Å². The van der Waals surface area contributed by atoms with Crippen LogP contribution in [0.4, 0.5) is 8.78 Å². The number of nitrogens with one attached hydrogen (secondary N) is 1. The summed E-state index contributed by atoms with van der Waals surface area (Å²) in [5.41, 5.74) is 0.206. The normalized spacial score (nSPS) is 16.5. The Morgan fingerprint density at radius 2 is 1.79 bits per heavy atom. The molecule has 0 aliphatic heterocycles. The molecule has 6 nitrogen and oxygen atoms in total. The van der Waals surface area contributed by atoms with Crippen molar-refractivity contribution in [3.05, 3.63) is 29.6 Å². The van der Waals surface area contributed by atoms with Crippen molar-refractivity contribution in [2.45, 2.75) is 18.3 Å². The van der Waals surface area contributed by atoms with Gasteiger partial charge in [0.2, 0.25) is 0 Å². The summed E-state index contributed by atoms with van der Waals surface area (Å²) in [6.07, 6.45) is -4.86. The quantitative estimate of drug-likeness (QED) is 0.520. The highest BCUT2D eigenvalue weighted by molar-refractivity contribution is 5.75. The molecule has 0 aliphatic carbocycles. The predicted molar refractivity (Wildman–Crippen MR) is 60.1 cm³/mol. The zero-order valence-electron chi connectivity index (χ0n) is 9.59. The number of aliphatic hydroxyl groups is 4. The van der Waals surface area contributed by atoms with E-state index >= 15 is 0 Å². The van der Waals surface area contributed by atoms with Gasteiger partial charge in [0.05, 0.1) is 17.6 Å². The molecular formula is C11H12F2N2O4. The van der Waals surface area contributed by atoms with Crippen molar-refractivity contribution >= 4 is 11.0 Å². The molecule has 3 atom stereocenters. The van der Waals surface area contributed by atoms with Crippen molar-refractivity contribution in [3.8, 4) is 0 Å². The second-order valence-corrected chi connectivity index (χ2v) is 4.09. The molecule has 0 saturated heterocycles. The Morgan fingerprint density at radius 1 is 1.16 bits per heavy atom. The molecule has 8 heteroatoms. The standard InChI is InChI=1S/C11H12F2N2O4/c12-4-1-6-7(2-5(4)13)15-11(14-6)10(19)9(18)8(17)3-16/h1-2,8-10,16-19H,3H2,(H,14,15)/t8?,9?,10-/m1/s1. The number of hydrogen-bond acceptors (Lipinski definition) is 5. The van der Waals surface area contributed by atoms with Crippen LogP contribution in [0.3, 0.4) is 0 Å². The highest BCUT2D eigenvalue weighted by atomic mass is 19.2. The molecule has 2 aromatic rings. The van der Waals surface area contributed by atoms with Gasteiger partial charge in [0, 0.05) is 12.1 Å². The lowest BCUT2D eigenvalue weighted by atomic mass is 10.1. The summed E-state index contributed by atoms with van der Waals surface area (Å²) in [4.78, 5) is 6.29. The van der Waals surface area contributed by atoms with Crippen molar-refractivity contribution in [2.24, 2.45) is 0 Å². The first kappa shape index (κ1) is 13.8. The number of hydrogen-bond donors (Lipinski definition) is 5. The molecule has 1 aromatic carbocycles. The maximum absolute atomic E-state index is 13.0. The fraction of sp³-hybridized carbons (Fsp3) is 0.364. The van der Waals surface area contributed by atoms with E-state index in [9.17, 15) is 24.1 Å². The molecule has 0 aliphatic rings. The minimum absolute atomic E-state index is 0.0682. The van der Waals surface area contributed by atoms with Crippen LogP contribution in [0.25, 0.3) is 11.0 Å². The van der Waals surface area contributed by atoms with Gasteiger partial charge in [0.15, 0.2) is 11.6 Å². The zero-order chi connectivity index (χ0) is 14.2. The van der Waals surface area contributed by atoms with Gasteiger partial charge in [-0.3, -0.25) is 0 Å². The van der Waals surface area contributed by atoms with Crippen LogP contribution < -0.4 is 0 Å². The number of halogens is 2. The lowest BCUT2D eigenvalue weighted by molar-refractivity contribution is -0.0800. The summed E-state index contributed by atoms with van der Waals surface area (Å²) >= 11 is 0. The van der Waals surface area contributed by atoms with Crippen LogP contribution in [0.2, 0.25) is 0 Å². The Labute approximate surface area is 106 Å². The molecule has 2 unspecified atom stereocenters. The van der Waals surface area contributed by atoms with E-state index in [1.807, 2.05) is 0 Å². The lowest BCUT2D eigenvalue weighted by Crippen LogP contribution is -2.35. The Balaban J connectivity index is 2.35. The van der Waals surface area contributed by atoms with Crippen molar-refractivity contribution in [1.82, 2.24) is 9.97 Å². The third-order valence-corrected chi connectivity index (χ3v) is 2.73. The topological polar surface area (TPSA) is 110 Å². The Hall–Kier alpha value is -1.61. The molecule has 0 saturated carbocycles. The number of aromatic amines is 1. The molecule has 2 rings (SSSR count). The average molecular weight is 274 g/mol. The molecule has 104 valence electrons. The van der Waals surface area contributed by atoms with Crippen molar-refractivity contribution in [1.29, 1.82) is 0 Å². The maximum Gasteiger partial charge on any atom is 0.161 e. The first-order chi connectivity index (χ1) is 8.93. The van der Waals surface area contributed by atoms with E-state index in [1.54, 1.807) is 0 Å².